The minimum absolute atomic E-state index is 0.181. The summed E-state index contributed by atoms with van der Waals surface area (Å²) in [6, 6.07) is 8.37. The van der Waals surface area contributed by atoms with Gasteiger partial charge in [0.25, 0.3) is 0 Å². The predicted molar refractivity (Wildman–Crippen MR) is 85.0 cm³/mol. The van der Waals surface area contributed by atoms with Crippen LogP contribution in [0, 0.1) is 0 Å². The first-order valence-corrected chi connectivity index (χ1v) is 7.66. The van der Waals surface area contributed by atoms with Crippen molar-refractivity contribution in [1.82, 2.24) is 30.5 Å². The van der Waals surface area contributed by atoms with Crippen LogP contribution in [0.4, 0.5) is 0 Å². The lowest BCUT2D eigenvalue weighted by atomic mass is 10.1. The standard InChI is InChI=1S/C16H20N6O/c1-11(2)16-19-15(20-23-16)10-17-12(3)13-4-6-14(7-5-13)22-9-8-18-21-22/h4-9,11-12,17H,10H2,1-3H3. The van der Waals surface area contributed by atoms with Crippen LogP contribution in [-0.4, -0.2) is 25.1 Å². The lowest BCUT2D eigenvalue weighted by Crippen LogP contribution is -2.19. The monoisotopic (exact) mass is 312 g/mol. The minimum atomic E-state index is 0.181. The first-order valence-electron chi connectivity index (χ1n) is 7.66. The maximum absolute atomic E-state index is 5.20. The molecule has 0 spiro atoms. The zero-order chi connectivity index (χ0) is 16.2. The average molecular weight is 312 g/mol. The van der Waals surface area contributed by atoms with E-state index in [4.69, 9.17) is 4.52 Å². The van der Waals surface area contributed by atoms with E-state index in [1.807, 2.05) is 32.2 Å². The fourth-order valence-corrected chi connectivity index (χ4v) is 2.20. The highest BCUT2D eigenvalue weighted by Gasteiger charge is 2.11. The molecular weight excluding hydrogens is 292 g/mol. The molecule has 2 heterocycles. The number of nitrogens with one attached hydrogen (secondary N) is 1. The molecule has 0 aliphatic heterocycles. The summed E-state index contributed by atoms with van der Waals surface area (Å²) in [5.74, 6) is 1.60. The van der Waals surface area contributed by atoms with Crippen LogP contribution in [0.1, 0.15) is 50.0 Å². The molecule has 1 N–H and O–H groups in total. The Hall–Kier alpha value is -2.54. The van der Waals surface area contributed by atoms with E-state index in [0.717, 1.165) is 5.69 Å². The van der Waals surface area contributed by atoms with Crippen molar-refractivity contribution in [3.63, 3.8) is 0 Å². The predicted octanol–water partition coefficient (Wildman–Crippen LogP) is 2.62. The highest BCUT2D eigenvalue weighted by molar-refractivity contribution is 5.34. The maximum Gasteiger partial charge on any atom is 0.229 e. The Bertz CT molecular complexity index is 732. The summed E-state index contributed by atoms with van der Waals surface area (Å²) in [5.41, 5.74) is 2.17. The van der Waals surface area contributed by atoms with E-state index in [-0.39, 0.29) is 12.0 Å². The van der Waals surface area contributed by atoms with E-state index in [1.54, 1.807) is 10.9 Å². The van der Waals surface area contributed by atoms with Crippen molar-refractivity contribution in [3.05, 3.63) is 53.9 Å². The van der Waals surface area contributed by atoms with Crippen molar-refractivity contribution in [3.8, 4) is 5.69 Å². The minimum Gasteiger partial charge on any atom is -0.339 e. The number of benzene rings is 1. The summed E-state index contributed by atoms with van der Waals surface area (Å²) in [4.78, 5) is 4.36. The Kier molecular flexibility index (Phi) is 4.47. The number of hydrogen-bond donors (Lipinski definition) is 1. The van der Waals surface area contributed by atoms with E-state index < -0.39 is 0 Å². The van der Waals surface area contributed by atoms with Gasteiger partial charge in [0.2, 0.25) is 5.89 Å². The van der Waals surface area contributed by atoms with Gasteiger partial charge in [0.05, 0.1) is 24.6 Å². The van der Waals surface area contributed by atoms with Gasteiger partial charge in [0, 0.05) is 12.0 Å². The fourth-order valence-electron chi connectivity index (χ4n) is 2.20. The molecule has 2 aromatic heterocycles. The van der Waals surface area contributed by atoms with Crippen LogP contribution < -0.4 is 5.32 Å². The molecule has 0 saturated heterocycles. The van der Waals surface area contributed by atoms with Crippen LogP contribution in [-0.2, 0) is 6.54 Å². The van der Waals surface area contributed by atoms with Crippen LogP contribution in [0.25, 0.3) is 5.69 Å². The zero-order valence-corrected chi connectivity index (χ0v) is 13.5. The third-order valence-corrected chi connectivity index (χ3v) is 3.62. The number of hydrogen-bond acceptors (Lipinski definition) is 6. The summed E-state index contributed by atoms with van der Waals surface area (Å²) < 4.78 is 6.94. The third kappa shape index (κ3) is 3.62. The van der Waals surface area contributed by atoms with Crippen molar-refractivity contribution in [2.24, 2.45) is 0 Å². The van der Waals surface area contributed by atoms with Gasteiger partial charge in [-0.1, -0.05) is 36.4 Å². The van der Waals surface area contributed by atoms with Crippen LogP contribution in [0.3, 0.4) is 0 Å². The first-order chi connectivity index (χ1) is 11.1. The molecule has 0 saturated carbocycles. The molecule has 7 nitrogen and oxygen atoms in total. The highest BCUT2D eigenvalue weighted by Crippen LogP contribution is 2.16. The summed E-state index contributed by atoms with van der Waals surface area (Å²) in [6.45, 7) is 6.74. The Labute approximate surface area is 134 Å². The molecule has 1 unspecified atom stereocenters. The van der Waals surface area contributed by atoms with Gasteiger partial charge in [-0.3, -0.25) is 0 Å². The fraction of sp³-hybridized carbons (Fsp3) is 0.375. The molecule has 120 valence electrons. The number of nitrogens with zero attached hydrogens (tertiary/aromatic N) is 5. The molecule has 7 heteroatoms. The van der Waals surface area contributed by atoms with Crippen molar-refractivity contribution >= 4 is 0 Å². The molecule has 1 atom stereocenters. The second-order valence-electron chi connectivity index (χ2n) is 5.75. The van der Waals surface area contributed by atoms with Gasteiger partial charge in [-0.15, -0.1) is 5.10 Å². The summed E-state index contributed by atoms with van der Waals surface area (Å²) in [5, 5.41) is 15.2. The van der Waals surface area contributed by atoms with Crippen molar-refractivity contribution in [2.75, 3.05) is 0 Å². The number of rotatable bonds is 6. The van der Waals surface area contributed by atoms with Crippen molar-refractivity contribution < 1.29 is 4.52 Å². The molecular formula is C16H20N6O. The highest BCUT2D eigenvalue weighted by atomic mass is 16.5. The SMILES string of the molecule is CC(C)c1nc(CNC(C)c2ccc(-n3ccnn3)cc2)no1. The Morgan fingerprint density at radius 2 is 1.96 bits per heavy atom. The van der Waals surface area contributed by atoms with Crippen LogP contribution in [0.2, 0.25) is 0 Å². The first kappa shape index (κ1) is 15.4. The van der Waals surface area contributed by atoms with Gasteiger partial charge in [0.15, 0.2) is 5.82 Å². The summed E-state index contributed by atoms with van der Waals surface area (Å²) in [6.07, 6.45) is 3.48. The Balaban J connectivity index is 1.60. The molecule has 0 bridgehead atoms. The third-order valence-electron chi connectivity index (χ3n) is 3.62. The van der Waals surface area contributed by atoms with Gasteiger partial charge >= 0.3 is 0 Å². The van der Waals surface area contributed by atoms with E-state index >= 15 is 0 Å². The van der Waals surface area contributed by atoms with Crippen LogP contribution in [0.5, 0.6) is 0 Å². The number of aromatic nitrogens is 5. The van der Waals surface area contributed by atoms with E-state index in [2.05, 4.69) is 44.8 Å². The second kappa shape index (κ2) is 6.70. The molecule has 1 aromatic carbocycles. The largest absolute Gasteiger partial charge is 0.339 e. The maximum atomic E-state index is 5.20. The normalized spacial score (nSPS) is 12.7. The summed E-state index contributed by atoms with van der Waals surface area (Å²) >= 11 is 0. The van der Waals surface area contributed by atoms with Gasteiger partial charge in [-0.25, -0.2) is 4.68 Å². The van der Waals surface area contributed by atoms with Crippen molar-refractivity contribution in [2.45, 2.75) is 39.3 Å². The molecule has 0 radical (unpaired) electrons. The second-order valence-corrected chi connectivity index (χ2v) is 5.75. The Morgan fingerprint density at radius 3 is 2.57 bits per heavy atom. The molecule has 0 aliphatic rings. The van der Waals surface area contributed by atoms with E-state index in [1.165, 1.54) is 5.56 Å². The van der Waals surface area contributed by atoms with Gasteiger partial charge in [0.1, 0.15) is 0 Å². The zero-order valence-electron chi connectivity index (χ0n) is 13.5. The molecule has 23 heavy (non-hydrogen) atoms. The molecule has 3 rings (SSSR count). The quantitative estimate of drug-likeness (QED) is 0.753. The van der Waals surface area contributed by atoms with Gasteiger partial charge in [-0.2, -0.15) is 4.98 Å². The molecule has 0 fully saturated rings. The molecule has 3 aromatic rings. The Morgan fingerprint density at radius 1 is 1.17 bits per heavy atom. The van der Waals surface area contributed by atoms with Crippen molar-refractivity contribution in [1.29, 1.82) is 0 Å². The van der Waals surface area contributed by atoms with Crippen LogP contribution in [0.15, 0.2) is 41.2 Å². The smallest absolute Gasteiger partial charge is 0.229 e. The topological polar surface area (TPSA) is 81.7 Å². The lowest BCUT2D eigenvalue weighted by molar-refractivity contribution is 0.358. The molecule has 0 amide bonds. The molecule has 0 aliphatic carbocycles. The van der Waals surface area contributed by atoms with E-state index in [9.17, 15) is 0 Å². The summed E-state index contributed by atoms with van der Waals surface area (Å²) in [7, 11) is 0. The van der Waals surface area contributed by atoms with Gasteiger partial charge in [-0.05, 0) is 24.6 Å². The van der Waals surface area contributed by atoms with Gasteiger partial charge < -0.3 is 9.84 Å². The van der Waals surface area contributed by atoms with Crippen LogP contribution >= 0.6 is 0 Å². The lowest BCUT2D eigenvalue weighted by Gasteiger charge is -2.13. The van der Waals surface area contributed by atoms with E-state index in [0.29, 0.717) is 18.3 Å². The average Bonchev–Trinajstić information content (AvgIpc) is 3.24.